The first-order valence-corrected chi connectivity index (χ1v) is 8.73. The van der Waals surface area contributed by atoms with Gasteiger partial charge in [0.15, 0.2) is 0 Å². The van der Waals surface area contributed by atoms with E-state index in [0.29, 0.717) is 29.7 Å². The van der Waals surface area contributed by atoms with Crippen molar-refractivity contribution >= 4 is 11.8 Å². The Kier molecular flexibility index (Phi) is 5.16. The summed E-state index contributed by atoms with van der Waals surface area (Å²) in [6.07, 6.45) is 6.87. The Hall–Kier alpha value is -2.96. The van der Waals surface area contributed by atoms with Crippen molar-refractivity contribution in [2.45, 2.75) is 37.6 Å². The number of H-pyrrole nitrogens is 1. The van der Waals surface area contributed by atoms with Gasteiger partial charge in [-0.2, -0.15) is 0 Å². The van der Waals surface area contributed by atoms with E-state index in [-0.39, 0.29) is 17.4 Å². The molecule has 7 nitrogen and oxygen atoms in total. The van der Waals surface area contributed by atoms with Crippen molar-refractivity contribution in [2.24, 2.45) is 0 Å². The number of rotatable bonds is 4. The number of carbonyl (C=O) groups is 2. The Morgan fingerprint density at radius 3 is 2.62 bits per heavy atom. The summed E-state index contributed by atoms with van der Waals surface area (Å²) in [6, 6.07) is 6.90. The lowest BCUT2D eigenvalue weighted by Crippen LogP contribution is -2.59. The third-order valence-electron chi connectivity index (χ3n) is 4.81. The van der Waals surface area contributed by atoms with Crippen LogP contribution in [0, 0.1) is 0 Å². The highest BCUT2D eigenvalue weighted by Gasteiger charge is 2.40. The first-order valence-electron chi connectivity index (χ1n) is 8.73. The van der Waals surface area contributed by atoms with Gasteiger partial charge < -0.3 is 15.6 Å². The van der Waals surface area contributed by atoms with Gasteiger partial charge >= 0.3 is 0 Å². The quantitative estimate of drug-likeness (QED) is 0.776. The number of hydrogen-bond acceptors (Lipinski definition) is 4. The van der Waals surface area contributed by atoms with Crippen LogP contribution >= 0.6 is 0 Å². The average molecular weight is 354 g/mol. The van der Waals surface area contributed by atoms with Gasteiger partial charge in [-0.15, -0.1) is 0 Å². The van der Waals surface area contributed by atoms with E-state index in [1.807, 2.05) is 0 Å². The fraction of sp³-hybridized carbons (Fsp3) is 0.368. The van der Waals surface area contributed by atoms with Crippen LogP contribution in [0.5, 0.6) is 0 Å². The normalized spacial score (nSPS) is 15.9. The Morgan fingerprint density at radius 1 is 1.15 bits per heavy atom. The van der Waals surface area contributed by atoms with Crippen LogP contribution in [0.3, 0.4) is 0 Å². The Balaban J connectivity index is 1.86. The highest BCUT2D eigenvalue weighted by molar-refractivity contribution is 6.00. The lowest BCUT2D eigenvalue weighted by atomic mass is 9.80. The van der Waals surface area contributed by atoms with Crippen LogP contribution in [0.4, 0.5) is 0 Å². The molecule has 0 radical (unpaired) electrons. The summed E-state index contributed by atoms with van der Waals surface area (Å²) in [7, 11) is 1.59. The molecule has 26 heavy (non-hydrogen) atoms. The van der Waals surface area contributed by atoms with Gasteiger partial charge in [-0.3, -0.25) is 19.4 Å². The number of nitrogens with one attached hydrogen (secondary N) is 3. The molecule has 1 aliphatic rings. The summed E-state index contributed by atoms with van der Waals surface area (Å²) in [4.78, 5) is 43.2. The van der Waals surface area contributed by atoms with E-state index in [1.165, 1.54) is 12.4 Å². The molecule has 2 amide bonds. The molecule has 3 N–H and O–H groups in total. The van der Waals surface area contributed by atoms with Crippen molar-refractivity contribution in [3.63, 3.8) is 0 Å². The van der Waals surface area contributed by atoms with Crippen molar-refractivity contribution in [1.82, 2.24) is 20.6 Å². The third kappa shape index (κ3) is 3.66. The van der Waals surface area contributed by atoms with Crippen molar-refractivity contribution in [3.8, 4) is 11.3 Å². The molecule has 1 heterocycles. The Bertz CT molecular complexity index is 869. The molecule has 1 aromatic carbocycles. The number of carbonyl (C=O) groups excluding carboxylic acids is 2. The molecule has 0 atom stereocenters. The van der Waals surface area contributed by atoms with Gasteiger partial charge in [0.25, 0.3) is 11.5 Å². The number of hydrogen-bond donors (Lipinski definition) is 3. The molecule has 1 aromatic heterocycles. The minimum atomic E-state index is -0.858. The van der Waals surface area contributed by atoms with Crippen LogP contribution in [0.2, 0.25) is 0 Å². The lowest BCUT2D eigenvalue weighted by Gasteiger charge is -2.36. The molecule has 0 saturated heterocycles. The summed E-state index contributed by atoms with van der Waals surface area (Å²) < 4.78 is 0. The number of aromatic nitrogens is 2. The number of likely N-dealkylation sites (N-methyl/N-ethyl adjacent to an activating group) is 1. The summed E-state index contributed by atoms with van der Waals surface area (Å²) in [5.41, 5.74) is 0.480. The highest BCUT2D eigenvalue weighted by atomic mass is 16.2. The van der Waals surface area contributed by atoms with E-state index < -0.39 is 5.54 Å². The zero-order valence-corrected chi connectivity index (χ0v) is 14.7. The van der Waals surface area contributed by atoms with Crippen molar-refractivity contribution < 1.29 is 9.59 Å². The Morgan fingerprint density at radius 2 is 1.92 bits per heavy atom. The van der Waals surface area contributed by atoms with Crippen molar-refractivity contribution in [1.29, 1.82) is 0 Å². The minimum absolute atomic E-state index is 0.154. The first kappa shape index (κ1) is 17.8. The molecule has 136 valence electrons. The molecule has 0 unspecified atom stereocenters. The first-order chi connectivity index (χ1) is 12.5. The second kappa shape index (κ2) is 7.51. The van der Waals surface area contributed by atoms with Gasteiger partial charge in [0, 0.05) is 18.2 Å². The molecule has 0 aliphatic heterocycles. The van der Waals surface area contributed by atoms with E-state index in [1.54, 1.807) is 31.3 Å². The van der Waals surface area contributed by atoms with Gasteiger partial charge in [0.1, 0.15) is 5.54 Å². The largest absolute Gasteiger partial charge is 0.357 e. The molecule has 1 saturated carbocycles. The van der Waals surface area contributed by atoms with Gasteiger partial charge in [-0.05, 0) is 25.0 Å². The molecule has 0 bridgehead atoms. The van der Waals surface area contributed by atoms with Crippen LogP contribution in [-0.2, 0) is 4.79 Å². The average Bonchev–Trinajstić information content (AvgIpc) is 2.68. The molecule has 1 aliphatic carbocycles. The van der Waals surface area contributed by atoms with Gasteiger partial charge in [0.05, 0.1) is 18.1 Å². The third-order valence-corrected chi connectivity index (χ3v) is 4.81. The second-order valence-electron chi connectivity index (χ2n) is 6.57. The fourth-order valence-electron chi connectivity index (χ4n) is 3.44. The predicted molar refractivity (Wildman–Crippen MR) is 97.6 cm³/mol. The summed E-state index contributed by atoms with van der Waals surface area (Å²) >= 11 is 0. The molecule has 0 spiro atoms. The highest BCUT2D eigenvalue weighted by Crippen LogP contribution is 2.29. The Labute approximate surface area is 151 Å². The maximum absolute atomic E-state index is 12.8. The predicted octanol–water partition coefficient (Wildman–Crippen LogP) is 1.62. The molecular weight excluding hydrogens is 332 g/mol. The topological polar surface area (TPSA) is 104 Å². The van der Waals surface area contributed by atoms with Crippen molar-refractivity contribution in [3.05, 3.63) is 52.6 Å². The molecule has 1 fully saturated rings. The molecule has 7 heteroatoms. The second-order valence-corrected chi connectivity index (χ2v) is 6.57. The number of amides is 2. The zero-order valence-electron chi connectivity index (χ0n) is 14.7. The van der Waals surface area contributed by atoms with E-state index in [4.69, 9.17) is 0 Å². The SMILES string of the molecule is CNC(=O)C1(NC(=O)c2cccc(-c3cncc(=O)[nH]3)c2)CCCCC1. The van der Waals surface area contributed by atoms with Crippen LogP contribution in [0.25, 0.3) is 11.3 Å². The van der Waals surface area contributed by atoms with Gasteiger partial charge in [-0.25, -0.2) is 0 Å². The monoisotopic (exact) mass is 354 g/mol. The van der Waals surface area contributed by atoms with E-state index >= 15 is 0 Å². The van der Waals surface area contributed by atoms with Crippen LogP contribution in [0.1, 0.15) is 42.5 Å². The van der Waals surface area contributed by atoms with Gasteiger partial charge in [-0.1, -0.05) is 31.4 Å². The maximum atomic E-state index is 12.8. The van der Waals surface area contributed by atoms with E-state index in [9.17, 15) is 14.4 Å². The standard InChI is InChI=1S/C19H22N4O3/c1-20-18(26)19(8-3-2-4-9-19)23-17(25)14-7-5-6-13(10-14)15-11-21-12-16(24)22-15/h5-7,10-12H,2-4,8-9H2,1H3,(H,20,26)(H,22,24)(H,23,25). The minimum Gasteiger partial charge on any atom is -0.357 e. The summed E-state index contributed by atoms with van der Waals surface area (Å²) in [6.45, 7) is 0. The number of benzene rings is 1. The lowest BCUT2D eigenvalue weighted by molar-refractivity contribution is -0.128. The van der Waals surface area contributed by atoms with Crippen LogP contribution < -0.4 is 16.2 Å². The zero-order chi connectivity index (χ0) is 18.6. The number of nitrogens with zero attached hydrogens (tertiary/aromatic N) is 1. The maximum Gasteiger partial charge on any atom is 0.266 e. The van der Waals surface area contributed by atoms with Crippen LogP contribution in [0.15, 0.2) is 41.5 Å². The van der Waals surface area contributed by atoms with Crippen molar-refractivity contribution in [2.75, 3.05) is 7.05 Å². The summed E-state index contributed by atoms with van der Waals surface area (Å²) in [5.74, 6) is -0.457. The van der Waals surface area contributed by atoms with Gasteiger partial charge in [0.2, 0.25) is 5.91 Å². The van der Waals surface area contributed by atoms with E-state index in [0.717, 1.165) is 19.3 Å². The summed E-state index contributed by atoms with van der Waals surface area (Å²) in [5, 5.41) is 5.63. The smallest absolute Gasteiger partial charge is 0.266 e. The molecule has 2 aromatic rings. The molecular formula is C19H22N4O3. The van der Waals surface area contributed by atoms with Crippen LogP contribution in [-0.4, -0.2) is 34.4 Å². The molecule has 3 rings (SSSR count). The fourth-order valence-corrected chi connectivity index (χ4v) is 3.44. The van der Waals surface area contributed by atoms with E-state index in [2.05, 4.69) is 20.6 Å². The number of aromatic amines is 1.